The Kier molecular flexibility index (Phi) is 6.69. The number of hydrogen-bond acceptors (Lipinski definition) is 4. The minimum atomic E-state index is -1.65. The Labute approximate surface area is 148 Å². The molecule has 1 saturated carbocycles. The maximum atomic E-state index is 6.17. The number of rotatable bonds is 7. The SMILES string of the molecule is CC(C)(C)[Si](C)(C)OCCNc1ccc(OC2CCCCC2)nc1. The largest absolute Gasteiger partial charge is 0.474 e. The summed E-state index contributed by atoms with van der Waals surface area (Å²) in [5, 5.41) is 3.64. The van der Waals surface area contributed by atoms with E-state index in [1.165, 1.54) is 19.3 Å². The monoisotopic (exact) mass is 350 g/mol. The topological polar surface area (TPSA) is 43.4 Å². The van der Waals surface area contributed by atoms with E-state index >= 15 is 0 Å². The van der Waals surface area contributed by atoms with Gasteiger partial charge in [0.1, 0.15) is 6.10 Å². The number of anilines is 1. The summed E-state index contributed by atoms with van der Waals surface area (Å²) >= 11 is 0. The molecule has 1 N–H and O–H groups in total. The number of ether oxygens (including phenoxy) is 1. The highest BCUT2D eigenvalue weighted by atomic mass is 28.4. The fourth-order valence-corrected chi connectivity index (χ4v) is 3.67. The van der Waals surface area contributed by atoms with Gasteiger partial charge in [0.2, 0.25) is 5.88 Å². The number of aromatic nitrogens is 1. The molecule has 24 heavy (non-hydrogen) atoms. The van der Waals surface area contributed by atoms with Gasteiger partial charge in [-0.25, -0.2) is 4.98 Å². The third-order valence-corrected chi connectivity index (χ3v) is 9.81. The number of nitrogens with one attached hydrogen (secondary N) is 1. The van der Waals surface area contributed by atoms with Crippen LogP contribution in [0, 0.1) is 0 Å². The van der Waals surface area contributed by atoms with E-state index in [2.05, 4.69) is 44.2 Å². The van der Waals surface area contributed by atoms with E-state index in [-0.39, 0.29) is 5.04 Å². The average molecular weight is 351 g/mol. The molecule has 0 atom stereocenters. The van der Waals surface area contributed by atoms with Gasteiger partial charge in [-0.15, -0.1) is 0 Å². The van der Waals surface area contributed by atoms with Crippen LogP contribution in [-0.4, -0.2) is 32.6 Å². The maximum Gasteiger partial charge on any atom is 0.213 e. The van der Waals surface area contributed by atoms with Crippen molar-refractivity contribution in [1.29, 1.82) is 0 Å². The molecule has 0 aliphatic heterocycles. The fourth-order valence-electron chi connectivity index (χ4n) is 2.63. The van der Waals surface area contributed by atoms with E-state index in [9.17, 15) is 0 Å². The molecule has 1 heterocycles. The molecule has 1 aromatic rings. The van der Waals surface area contributed by atoms with Gasteiger partial charge in [-0.3, -0.25) is 0 Å². The highest BCUT2D eigenvalue weighted by Crippen LogP contribution is 2.36. The van der Waals surface area contributed by atoms with Crippen LogP contribution in [0.4, 0.5) is 5.69 Å². The Bertz CT molecular complexity index is 491. The summed E-state index contributed by atoms with van der Waals surface area (Å²) < 4.78 is 12.1. The van der Waals surface area contributed by atoms with Crippen molar-refractivity contribution in [3.8, 4) is 5.88 Å². The Morgan fingerprint density at radius 2 is 1.88 bits per heavy atom. The van der Waals surface area contributed by atoms with Gasteiger partial charge in [-0.1, -0.05) is 27.2 Å². The molecule has 1 aromatic heterocycles. The summed E-state index contributed by atoms with van der Waals surface area (Å²) in [4.78, 5) is 4.42. The minimum Gasteiger partial charge on any atom is -0.474 e. The van der Waals surface area contributed by atoms with Crippen molar-refractivity contribution < 1.29 is 9.16 Å². The molecular formula is C19H34N2O2Si. The molecule has 5 heteroatoms. The van der Waals surface area contributed by atoms with E-state index in [1.807, 2.05) is 18.3 Å². The van der Waals surface area contributed by atoms with Gasteiger partial charge >= 0.3 is 0 Å². The molecule has 0 saturated heterocycles. The van der Waals surface area contributed by atoms with Crippen molar-refractivity contribution in [1.82, 2.24) is 4.98 Å². The van der Waals surface area contributed by atoms with Gasteiger partial charge in [0.15, 0.2) is 8.32 Å². The molecule has 136 valence electrons. The third-order valence-electron chi connectivity index (χ3n) is 5.28. The van der Waals surface area contributed by atoms with Gasteiger partial charge in [0.05, 0.1) is 18.5 Å². The number of pyridine rings is 1. The molecule has 1 fully saturated rings. The van der Waals surface area contributed by atoms with Crippen molar-refractivity contribution in [2.24, 2.45) is 0 Å². The third kappa shape index (κ3) is 5.78. The van der Waals surface area contributed by atoms with Crippen LogP contribution >= 0.6 is 0 Å². The number of hydrogen-bond donors (Lipinski definition) is 1. The van der Waals surface area contributed by atoms with Crippen LogP contribution < -0.4 is 10.1 Å². The Balaban J connectivity index is 1.72. The Morgan fingerprint density at radius 3 is 2.46 bits per heavy atom. The second-order valence-corrected chi connectivity index (χ2v) is 13.1. The van der Waals surface area contributed by atoms with E-state index < -0.39 is 8.32 Å². The summed E-state index contributed by atoms with van der Waals surface area (Å²) in [7, 11) is -1.65. The van der Waals surface area contributed by atoms with Crippen LogP contribution in [0.5, 0.6) is 5.88 Å². The predicted octanol–water partition coefficient (Wildman–Crippen LogP) is 5.23. The van der Waals surface area contributed by atoms with E-state index in [0.29, 0.717) is 6.10 Å². The van der Waals surface area contributed by atoms with Crippen molar-refractivity contribution >= 4 is 14.0 Å². The van der Waals surface area contributed by atoms with Gasteiger partial charge in [-0.05, 0) is 49.9 Å². The summed E-state index contributed by atoms with van der Waals surface area (Å²) in [6.07, 6.45) is 8.41. The summed E-state index contributed by atoms with van der Waals surface area (Å²) in [5.41, 5.74) is 1.02. The van der Waals surface area contributed by atoms with Crippen LogP contribution in [0.1, 0.15) is 52.9 Å². The van der Waals surface area contributed by atoms with Gasteiger partial charge in [0.25, 0.3) is 0 Å². The summed E-state index contributed by atoms with van der Waals surface area (Å²) in [6, 6.07) is 4.00. The quantitative estimate of drug-likeness (QED) is 0.540. The first kappa shape index (κ1) is 19.3. The van der Waals surface area contributed by atoms with E-state index in [0.717, 1.165) is 37.6 Å². The molecule has 0 amide bonds. The molecule has 0 unspecified atom stereocenters. The highest BCUT2D eigenvalue weighted by molar-refractivity contribution is 6.74. The normalized spacial score (nSPS) is 16.9. The summed E-state index contributed by atoms with van der Waals surface area (Å²) in [5.74, 6) is 0.741. The van der Waals surface area contributed by atoms with Crippen molar-refractivity contribution in [3.05, 3.63) is 18.3 Å². The second kappa shape index (κ2) is 8.34. The molecule has 0 radical (unpaired) electrons. The first-order valence-electron chi connectivity index (χ1n) is 9.28. The van der Waals surface area contributed by atoms with Crippen molar-refractivity contribution in [2.45, 2.75) is 77.1 Å². The predicted molar refractivity (Wildman–Crippen MR) is 103 cm³/mol. The standard InChI is InChI=1S/C19H34N2O2Si/c1-19(2,3)24(4,5)22-14-13-20-16-11-12-18(21-15-16)23-17-9-7-6-8-10-17/h11-12,15,17,20H,6-10,13-14H2,1-5H3. The molecule has 4 nitrogen and oxygen atoms in total. The zero-order valence-corrected chi connectivity index (χ0v) is 17.0. The molecule has 1 aliphatic rings. The van der Waals surface area contributed by atoms with Crippen LogP contribution in [-0.2, 0) is 4.43 Å². The fraction of sp³-hybridized carbons (Fsp3) is 0.737. The molecule has 0 spiro atoms. The van der Waals surface area contributed by atoms with Crippen LogP contribution in [0.2, 0.25) is 18.1 Å². The van der Waals surface area contributed by atoms with E-state index in [4.69, 9.17) is 9.16 Å². The first-order chi connectivity index (χ1) is 11.3. The van der Waals surface area contributed by atoms with Gasteiger partial charge < -0.3 is 14.5 Å². The Morgan fingerprint density at radius 1 is 1.17 bits per heavy atom. The van der Waals surface area contributed by atoms with Crippen molar-refractivity contribution in [3.63, 3.8) is 0 Å². The molecule has 0 bridgehead atoms. The highest BCUT2D eigenvalue weighted by Gasteiger charge is 2.36. The van der Waals surface area contributed by atoms with Crippen molar-refractivity contribution in [2.75, 3.05) is 18.5 Å². The lowest BCUT2D eigenvalue weighted by molar-refractivity contribution is 0.148. The lowest BCUT2D eigenvalue weighted by atomic mass is 9.98. The van der Waals surface area contributed by atoms with Crippen LogP contribution in [0.25, 0.3) is 0 Å². The molecule has 2 rings (SSSR count). The molecule has 1 aliphatic carbocycles. The minimum absolute atomic E-state index is 0.257. The molecule has 0 aromatic carbocycles. The average Bonchev–Trinajstić information content (AvgIpc) is 2.53. The zero-order valence-electron chi connectivity index (χ0n) is 16.0. The Hall–Kier alpha value is -1.07. The molecular weight excluding hydrogens is 316 g/mol. The summed E-state index contributed by atoms with van der Waals surface area (Å²) in [6.45, 7) is 12.9. The maximum absolute atomic E-state index is 6.17. The number of nitrogens with zero attached hydrogens (tertiary/aromatic N) is 1. The lowest BCUT2D eigenvalue weighted by Gasteiger charge is -2.36. The van der Waals surface area contributed by atoms with Gasteiger partial charge in [-0.2, -0.15) is 0 Å². The van der Waals surface area contributed by atoms with E-state index in [1.54, 1.807) is 0 Å². The van der Waals surface area contributed by atoms with Crippen LogP contribution in [0.15, 0.2) is 18.3 Å². The smallest absolute Gasteiger partial charge is 0.213 e. The van der Waals surface area contributed by atoms with Gasteiger partial charge in [0, 0.05) is 12.6 Å². The van der Waals surface area contributed by atoms with Crippen LogP contribution in [0.3, 0.4) is 0 Å². The first-order valence-corrected chi connectivity index (χ1v) is 12.2. The zero-order chi connectivity index (χ0) is 17.6. The lowest BCUT2D eigenvalue weighted by Crippen LogP contribution is -2.41. The second-order valence-electron chi connectivity index (χ2n) is 8.30.